The number of phenolic OH excluding ortho intramolecular Hbond substituents is 4. The summed E-state index contributed by atoms with van der Waals surface area (Å²) >= 11 is 0. The summed E-state index contributed by atoms with van der Waals surface area (Å²) in [4.78, 5) is 28.5. The number of carbonyl (C=O) groups excluding carboxylic acids is 2. The first kappa shape index (κ1) is 37.0. The first-order chi connectivity index (χ1) is 25.2. The van der Waals surface area contributed by atoms with Crippen molar-refractivity contribution in [1.29, 1.82) is 0 Å². The predicted molar refractivity (Wildman–Crippen MR) is 205 cm³/mol. The van der Waals surface area contributed by atoms with Crippen LogP contribution in [-0.2, 0) is 0 Å². The second-order valence-electron chi connectivity index (χ2n) is 14.7. The van der Waals surface area contributed by atoms with Crippen LogP contribution in [0, 0.1) is 13.8 Å². The highest BCUT2D eigenvalue weighted by atomic mass is 16.5. The molecule has 2 aliphatic rings. The fraction of sp³-hybridized carbons (Fsp3) is 0.289. The molecule has 0 fully saturated rings. The van der Waals surface area contributed by atoms with E-state index in [1.54, 1.807) is 12.1 Å². The van der Waals surface area contributed by atoms with Crippen LogP contribution in [0.4, 0.5) is 0 Å². The van der Waals surface area contributed by atoms with E-state index in [-0.39, 0.29) is 58.5 Å². The molecule has 0 spiro atoms. The fourth-order valence-electron chi connectivity index (χ4n) is 7.55. The van der Waals surface area contributed by atoms with E-state index < -0.39 is 23.4 Å². The topological polar surface area (TPSA) is 134 Å². The molecule has 274 valence electrons. The molecule has 8 heteroatoms. The molecule has 2 aliphatic carbocycles. The van der Waals surface area contributed by atoms with Gasteiger partial charge in [-0.05, 0) is 131 Å². The number of rotatable bonds is 10. The molecule has 0 saturated carbocycles. The summed E-state index contributed by atoms with van der Waals surface area (Å²) in [5.74, 6) is -3.18. The highest BCUT2D eigenvalue weighted by molar-refractivity contribution is 6.18. The summed E-state index contributed by atoms with van der Waals surface area (Å²) in [5, 5.41) is 45.6. The van der Waals surface area contributed by atoms with Gasteiger partial charge in [0.05, 0.1) is 22.3 Å². The van der Waals surface area contributed by atoms with E-state index >= 15 is 0 Å². The summed E-state index contributed by atoms with van der Waals surface area (Å²) in [6, 6.07) is 12.9. The number of carbonyl (C=O) groups is 2. The molecule has 4 aromatic carbocycles. The van der Waals surface area contributed by atoms with Gasteiger partial charge >= 0.3 is 0 Å². The van der Waals surface area contributed by atoms with Crippen LogP contribution < -0.4 is 9.47 Å². The van der Waals surface area contributed by atoms with E-state index in [1.165, 1.54) is 29.8 Å². The predicted octanol–water partition coefficient (Wildman–Crippen LogP) is 9.60. The van der Waals surface area contributed by atoms with Crippen molar-refractivity contribution >= 4 is 11.6 Å². The van der Waals surface area contributed by atoms with Gasteiger partial charge in [-0.25, -0.2) is 0 Å². The van der Waals surface area contributed by atoms with Gasteiger partial charge in [0, 0.05) is 24.0 Å². The Kier molecular flexibility index (Phi) is 10.3. The lowest BCUT2D eigenvalue weighted by Gasteiger charge is -2.39. The molecule has 0 amide bonds. The number of ether oxygens (including phenoxy) is 2. The minimum absolute atomic E-state index is 0.000455. The summed E-state index contributed by atoms with van der Waals surface area (Å²) < 4.78 is 12.2. The molecular formula is C45H46O8. The highest BCUT2D eigenvalue weighted by Gasteiger charge is 2.46. The maximum atomic E-state index is 14.3. The van der Waals surface area contributed by atoms with E-state index in [0.717, 1.165) is 24.0 Å². The third-order valence-corrected chi connectivity index (χ3v) is 9.92. The molecule has 2 atom stereocenters. The van der Waals surface area contributed by atoms with Gasteiger partial charge in [0.15, 0.2) is 0 Å². The number of ketones is 2. The Morgan fingerprint density at radius 1 is 0.547 bits per heavy atom. The number of aryl methyl sites for hydroxylation is 2. The van der Waals surface area contributed by atoms with Crippen LogP contribution in [0.25, 0.3) is 0 Å². The fourth-order valence-corrected chi connectivity index (χ4v) is 7.55. The second kappa shape index (κ2) is 14.7. The van der Waals surface area contributed by atoms with Crippen molar-refractivity contribution in [3.63, 3.8) is 0 Å². The third-order valence-electron chi connectivity index (χ3n) is 9.92. The molecule has 0 saturated heterocycles. The molecule has 4 aromatic rings. The van der Waals surface area contributed by atoms with Crippen molar-refractivity contribution in [1.82, 2.24) is 0 Å². The Labute approximate surface area is 310 Å². The Hall–Kier alpha value is -5.76. The summed E-state index contributed by atoms with van der Waals surface area (Å²) in [7, 11) is 0. The summed E-state index contributed by atoms with van der Waals surface area (Å²) in [6.07, 6.45) is 7.85. The largest absolute Gasteiger partial charge is 0.507 e. The van der Waals surface area contributed by atoms with Crippen molar-refractivity contribution in [2.45, 2.75) is 73.1 Å². The number of benzene rings is 4. The van der Waals surface area contributed by atoms with Gasteiger partial charge in [-0.15, -0.1) is 0 Å². The zero-order chi connectivity index (χ0) is 38.3. The average molecular weight is 715 g/mol. The van der Waals surface area contributed by atoms with Crippen LogP contribution in [-0.4, -0.2) is 45.2 Å². The molecule has 0 unspecified atom stereocenters. The summed E-state index contributed by atoms with van der Waals surface area (Å²) in [5.41, 5.74) is 6.66. The van der Waals surface area contributed by atoms with Crippen LogP contribution in [0.2, 0.25) is 0 Å². The van der Waals surface area contributed by atoms with Gasteiger partial charge in [0.2, 0.25) is 11.6 Å². The van der Waals surface area contributed by atoms with Crippen molar-refractivity contribution in [2.75, 3.05) is 13.2 Å². The molecule has 0 bridgehead atoms. The molecule has 8 nitrogen and oxygen atoms in total. The number of allylic oxidation sites excluding steroid dienone is 4. The minimum atomic E-state index is -0.807. The van der Waals surface area contributed by atoms with E-state index in [0.29, 0.717) is 44.9 Å². The van der Waals surface area contributed by atoms with Gasteiger partial charge in [0.25, 0.3) is 0 Å². The van der Waals surface area contributed by atoms with E-state index in [4.69, 9.17) is 9.47 Å². The van der Waals surface area contributed by atoms with E-state index in [9.17, 15) is 30.0 Å². The van der Waals surface area contributed by atoms with Crippen molar-refractivity contribution in [3.8, 4) is 34.5 Å². The van der Waals surface area contributed by atoms with Crippen molar-refractivity contribution < 1.29 is 39.5 Å². The summed E-state index contributed by atoms with van der Waals surface area (Å²) in [6.45, 7) is 14.1. The van der Waals surface area contributed by atoms with Crippen LogP contribution in [0.1, 0.15) is 125 Å². The molecule has 0 radical (unpaired) electrons. The van der Waals surface area contributed by atoms with Crippen molar-refractivity contribution in [2.24, 2.45) is 0 Å². The Balaban J connectivity index is 1.58. The van der Waals surface area contributed by atoms with Crippen LogP contribution >= 0.6 is 0 Å². The van der Waals surface area contributed by atoms with E-state index in [2.05, 4.69) is 19.9 Å². The number of aromatic hydroxyl groups is 4. The van der Waals surface area contributed by atoms with Gasteiger partial charge in [-0.3, -0.25) is 9.59 Å². The molecular weight excluding hydrogens is 668 g/mol. The number of hydrogen-bond donors (Lipinski definition) is 4. The molecule has 0 aromatic heterocycles. The van der Waals surface area contributed by atoms with Gasteiger partial charge in [-0.1, -0.05) is 34.9 Å². The smallest absolute Gasteiger partial charge is 0.201 e. The lowest BCUT2D eigenvalue weighted by Crippen LogP contribution is -2.30. The Bertz CT molecular complexity index is 2250. The van der Waals surface area contributed by atoms with Crippen LogP contribution in [0.15, 0.2) is 83.5 Å². The Morgan fingerprint density at radius 2 is 0.925 bits per heavy atom. The zero-order valence-corrected chi connectivity index (χ0v) is 31.3. The SMILES string of the molecule is CC(C)=CCC/C(C)=C/COc1cc(O)c2c(c1)[C@@H]([C@@H]1c3cc(C)cc(O)c3C(=O)c3c(O)cc(OCC=C(C)C)cc31)c1cc(C)cc(O)c1C2=O. The van der Waals surface area contributed by atoms with Crippen LogP contribution in [0.3, 0.4) is 0 Å². The number of hydrogen-bond acceptors (Lipinski definition) is 8. The number of fused-ring (bicyclic) bond motifs is 4. The standard InChI is InChI=1S/C45H46O8/c1-23(2)9-8-10-25(5)12-14-53-29-20-33-39(31-16-27(7)18-35(47)41(31)45(51)43(33)37(49)22-29)38-30-15-26(6)17-34(46)40(30)44(50)42-32(38)19-28(21-36(42)48)52-13-11-24(3)4/h9,11-12,15-22,38-39,46-49H,8,10,13-14H2,1-7H3/b25-12+/t38-,39+/m1/s1. The minimum Gasteiger partial charge on any atom is -0.507 e. The van der Waals surface area contributed by atoms with Gasteiger partial charge in [0.1, 0.15) is 47.7 Å². The zero-order valence-electron chi connectivity index (χ0n) is 31.3. The third kappa shape index (κ3) is 7.18. The molecule has 0 heterocycles. The van der Waals surface area contributed by atoms with Crippen molar-refractivity contribution in [3.05, 3.63) is 139 Å². The highest BCUT2D eigenvalue weighted by Crippen LogP contribution is 2.57. The molecule has 53 heavy (non-hydrogen) atoms. The average Bonchev–Trinajstić information content (AvgIpc) is 3.04. The molecule has 6 rings (SSSR count). The maximum absolute atomic E-state index is 14.3. The maximum Gasteiger partial charge on any atom is 0.201 e. The Morgan fingerprint density at radius 3 is 1.34 bits per heavy atom. The first-order valence-corrected chi connectivity index (χ1v) is 17.8. The number of phenols is 4. The van der Waals surface area contributed by atoms with Gasteiger partial charge in [-0.2, -0.15) is 0 Å². The van der Waals surface area contributed by atoms with Gasteiger partial charge < -0.3 is 29.9 Å². The lowest BCUT2D eigenvalue weighted by molar-refractivity contribution is 0.101. The molecule has 0 aliphatic heterocycles. The second-order valence-corrected chi connectivity index (χ2v) is 14.7. The van der Waals surface area contributed by atoms with Crippen LogP contribution in [0.5, 0.6) is 34.5 Å². The normalized spacial score (nSPS) is 15.9. The first-order valence-electron chi connectivity index (χ1n) is 17.8. The molecule has 4 N–H and O–H groups in total. The quantitative estimate of drug-likeness (QED) is 0.119. The lowest BCUT2D eigenvalue weighted by atomic mass is 9.63. The monoisotopic (exact) mass is 714 g/mol. The van der Waals surface area contributed by atoms with E-state index in [1.807, 2.05) is 58.9 Å².